The zero-order chi connectivity index (χ0) is 18.4. The van der Waals surface area contributed by atoms with Crippen LogP contribution in [0.5, 0.6) is 0 Å². The van der Waals surface area contributed by atoms with Crippen LogP contribution in [-0.4, -0.2) is 18.0 Å². The minimum absolute atomic E-state index is 0.312. The number of hydrogen-bond acceptors (Lipinski definition) is 3. The van der Waals surface area contributed by atoms with Gasteiger partial charge in [-0.3, -0.25) is 4.79 Å². The van der Waals surface area contributed by atoms with E-state index in [0.29, 0.717) is 11.3 Å². The van der Waals surface area contributed by atoms with Crippen LogP contribution in [0.15, 0.2) is 48.5 Å². The van der Waals surface area contributed by atoms with Gasteiger partial charge in [0.15, 0.2) is 6.10 Å². The minimum Gasteiger partial charge on any atom is -0.449 e. The van der Waals surface area contributed by atoms with Gasteiger partial charge in [0.05, 0.1) is 0 Å². The van der Waals surface area contributed by atoms with Crippen LogP contribution >= 0.6 is 0 Å². The van der Waals surface area contributed by atoms with E-state index in [1.807, 2.05) is 31.2 Å². The summed E-state index contributed by atoms with van der Waals surface area (Å²) in [5, 5.41) is 2.52. The molecule has 2 aromatic carbocycles. The zero-order valence-corrected chi connectivity index (χ0v) is 14.4. The van der Waals surface area contributed by atoms with Crippen molar-refractivity contribution in [2.24, 2.45) is 0 Å². The Labute approximate surface area is 146 Å². The molecule has 0 spiro atoms. The Hall–Kier alpha value is -2.95. The summed E-state index contributed by atoms with van der Waals surface area (Å²) in [4.78, 5) is 23.9. The molecule has 0 fully saturated rings. The predicted molar refractivity (Wildman–Crippen MR) is 95.5 cm³/mol. The van der Waals surface area contributed by atoms with Crippen molar-refractivity contribution in [2.45, 2.75) is 26.9 Å². The fourth-order valence-electron chi connectivity index (χ4n) is 2.11. The van der Waals surface area contributed by atoms with Crippen molar-refractivity contribution < 1.29 is 18.7 Å². The second kappa shape index (κ2) is 8.24. The van der Waals surface area contributed by atoms with Crippen molar-refractivity contribution in [2.75, 3.05) is 5.32 Å². The summed E-state index contributed by atoms with van der Waals surface area (Å²) in [7, 11) is 0. The summed E-state index contributed by atoms with van der Waals surface area (Å²) in [5.41, 5.74) is 2.72. The fraction of sp³-hybridized carbons (Fsp3) is 0.200. The van der Waals surface area contributed by atoms with Crippen molar-refractivity contribution in [3.8, 4) is 0 Å². The summed E-state index contributed by atoms with van der Waals surface area (Å²) in [6.07, 6.45) is 1.91. The van der Waals surface area contributed by atoms with Gasteiger partial charge in [-0.05, 0) is 55.7 Å². The average Bonchev–Trinajstić information content (AvgIpc) is 2.57. The first-order valence-corrected chi connectivity index (χ1v) is 7.88. The molecule has 130 valence electrons. The highest BCUT2D eigenvalue weighted by atomic mass is 19.1. The van der Waals surface area contributed by atoms with E-state index in [0.717, 1.165) is 11.1 Å². The lowest BCUT2D eigenvalue weighted by atomic mass is 10.1. The lowest BCUT2D eigenvalue weighted by Crippen LogP contribution is -2.29. The molecule has 2 aromatic rings. The number of amides is 1. The van der Waals surface area contributed by atoms with Crippen molar-refractivity contribution in [1.82, 2.24) is 0 Å². The number of benzene rings is 2. The molecule has 0 saturated heterocycles. The molecule has 4 nitrogen and oxygen atoms in total. The second-order valence-corrected chi connectivity index (χ2v) is 5.72. The lowest BCUT2D eigenvalue weighted by Gasteiger charge is -2.12. The third kappa shape index (κ3) is 5.28. The van der Waals surface area contributed by atoms with Crippen LogP contribution in [0.1, 0.15) is 23.6 Å². The SMILES string of the molecule is Cc1ccc(NC(=O)[C@@H](C)OC(=O)/C=C/c2ccccc2C)cc1F. The molecule has 0 aliphatic heterocycles. The van der Waals surface area contributed by atoms with Gasteiger partial charge >= 0.3 is 5.97 Å². The number of esters is 1. The Morgan fingerprint density at radius 1 is 1.12 bits per heavy atom. The Bertz CT molecular complexity index is 814. The molecule has 5 heteroatoms. The van der Waals surface area contributed by atoms with Crippen LogP contribution in [0.25, 0.3) is 6.08 Å². The number of anilines is 1. The number of hydrogen-bond donors (Lipinski definition) is 1. The summed E-state index contributed by atoms with van der Waals surface area (Å²) in [6.45, 7) is 5.02. The largest absolute Gasteiger partial charge is 0.449 e. The molecule has 0 aliphatic carbocycles. The first kappa shape index (κ1) is 18.4. The number of carbonyl (C=O) groups is 2. The highest BCUT2D eigenvalue weighted by Gasteiger charge is 2.17. The van der Waals surface area contributed by atoms with Gasteiger partial charge in [-0.15, -0.1) is 0 Å². The Balaban J connectivity index is 1.92. The lowest BCUT2D eigenvalue weighted by molar-refractivity contribution is -0.148. The van der Waals surface area contributed by atoms with E-state index in [2.05, 4.69) is 5.32 Å². The van der Waals surface area contributed by atoms with Crippen molar-refractivity contribution >= 4 is 23.6 Å². The molecule has 2 rings (SSSR count). The molecule has 0 aromatic heterocycles. The van der Waals surface area contributed by atoms with Crippen LogP contribution in [0.3, 0.4) is 0 Å². The van der Waals surface area contributed by atoms with E-state index in [-0.39, 0.29) is 0 Å². The molecular weight excluding hydrogens is 321 g/mol. The summed E-state index contributed by atoms with van der Waals surface area (Å²) < 4.78 is 18.6. The molecule has 0 bridgehead atoms. The van der Waals surface area contributed by atoms with E-state index >= 15 is 0 Å². The number of nitrogens with one attached hydrogen (secondary N) is 1. The van der Waals surface area contributed by atoms with Crippen LogP contribution in [-0.2, 0) is 14.3 Å². The van der Waals surface area contributed by atoms with Crippen LogP contribution in [0, 0.1) is 19.7 Å². The van der Waals surface area contributed by atoms with E-state index in [1.54, 1.807) is 25.1 Å². The maximum Gasteiger partial charge on any atom is 0.331 e. The number of aryl methyl sites for hydroxylation is 2. The van der Waals surface area contributed by atoms with Gasteiger partial charge in [0.1, 0.15) is 5.82 Å². The monoisotopic (exact) mass is 341 g/mol. The van der Waals surface area contributed by atoms with E-state index in [1.165, 1.54) is 19.1 Å². The Kier molecular flexibility index (Phi) is 6.06. The third-order valence-corrected chi connectivity index (χ3v) is 3.69. The van der Waals surface area contributed by atoms with Crippen LogP contribution < -0.4 is 5.32 Å². The summed E-state index contributed by atoms with van der Waals surface area (Å²) in [5.74, 6) is -1.56. The van der Waals surface area contributed by atoms with E-state index < -0.39 is 23.8 Å². The van der Waals surface area contributed by atoms with Crippen molar-refractivity contribution in [3.05, 3.63) is 71.0 Å². The molecule has 0 radical (unpaired) electrons. The summed E-state index contributed by atoms with van der Waals surface area (Å²) in [6, 6.07) is 12.0. The predicted octanol–water partition coefficient (Wildman–Crippen LogP) is 4.03. The molecule has 1 N–H and O–H groups in total. The van der Waals surface area contributed by atoms with Gasteiger partial charge in [0, 0.05) is 11.8 Å². The van der Waals surface area contributed by atoms with Gasteiger partial charge in [-0.2, -0.15) is 0 Å². The van der Waals surface area contributed by atoms with Gasteiger partial charge in [0.2, 0.25) is 0 Å². The first-order chi connectivity index (χ1) is 11.9. The molecule has 1 amide bonds. The van der Waals surface area contributed by atoms with Crippen molar-refractivity contribution in [1.29, 1.82) is 0 Å². The standard InChI is InChI=1S/C20H20FNO3/c1-13-6-4-5-7-16(13)9-11-19(23)25-15(3)20(24)22-17-10-8-14(2)18(21)12-17/h4-12,15H,1-3H3,(H,22,24)/b11-9+/t15-/m1/s1. The van der Waals surface area contributed by atoms with E-state index in [4.69, 9.17) is 4.74 Å². The Morgan fingerprint density at radius 2 is 1.84 bits per heavy atom. The molecule has 0 saturated carbocycles. The summed E-state index contributed by atoms with van der Waals surface area (Å²) >= 11 is 0. The number of rotatable bonds is 5. The number of ether oxygens (including phenoxy) is 1. The average molecular weight is 341 g/mol. The minimum atomic E-state index is -1.00. The molecule has 0 heterocycles. The molecule has 1 atom stereocenters. The fourth-order valence-corrected chi connectivity index (χ4v) is 2.11. The van der Waals surface area contributed by atoms with Crippen LogP contribution in [0.4, 0.5) is 10.1 Å². The van der Waals surface area contributed by atoms with Gasteiger partial charge in [-0.1, -0.05) is 30.3 Å². The quantitative estimate of drug-likeness (QED) is 0.660. The smallest absolute Gasteiger partial charge is 0.331 e. The first-order valence-electron chi connectivity index (χ1n) is 7.88. The molecule has 25 heavy (non-hydrogen) atoms. The van der Waals surface area contributed by atoms with E-state index in [9.17, 15) is 14.0 Å². The van der Waals surface area contributed by atoms with Crippen molar-refractivity contribution in [3.63, 3.8) is 0 Å². The highest BCUT2D eigenvalue weighted by molar-refractivity contribution is 5.96. The molecule has 0 aliphatic rings. The number of halogens is 1. The second-order valence-electron chi connectivity index (χ2n) is 5.72. The molecule has 0 unspecified atom stereocenters. The zero-order valence-electron chi connectivity index (χ0n) is 14.4. The van der Waals surface area contributed by atoms with Gasteiger partial charge < -0.3 is 10.1 Å². The Morgan fingerprint density at radius 3 is 2.52 bits per heavy atom. The maximum atomic E-state index is 13.5. The topological polar surface area (TPSA) is 55.4 Å². The molecular formula is C20H20FNO3. The maximum absolute atomic E-state index is 13.5. The van der Waals surface area contributed by atoms with Crippen LogP contribution in [0.2, 0.25) is 0 Å². The van der Waals surface area contributed by atoms with Gasteiger partial charge in [0.25, 0.3) is 5.91 Å². The normalized spacial score (nSPS) is 12.0. The van der Waals surface area contributed by atoms with Gasteiger partial charge in [-0.25, -0.2) is 9.18 Å². The highest BCUT2D eigenvalue weighted by Crippen LogP contribution is 2.14. The third-order valence-electron chi connectivity index (χ3n) is 3.69. The number of carbonyl (C=O) groups excluding carboxylic acids is 2.